The maximum absolute atomic E-state index is 10.7. The van der Waals surface area contributed by atoms with E-state index in [0.717, 1.165) is 18.2 Å². The first-order valence-corrected chi connectivity index (χ1v) is 4.41. The first-order valence-electron chi connectivity index (χ1n) is 4.41. The average molecular weight is 239 g/mol. The Morgan fingerprint density at radius 1 is 1.35 bits per heavy atom. The molecule has 17 heavy (non-hydrogen) atoms. The average Bonchev–Trinajstić information content (AvgIpc) is 2.27. The van der Waals surface area contributed by atoms with Gasteiger partial charge in [-0.25, -0.2) is 0 Å². The third kappa shape index (κ3) is 2.37. The summed E-state index contributed by atoms with van der Waals surface area (Å²) in [5.74, 6) is 0. The van der Waals surface area contributed by atoms with Crippen molar-refractivity contribution in [1.82, 2.24) is 0 Å². The molecule has 0 aliphatic heterocycles. The highest BCUT2D eigenvalue weighted by Crippen LogP contribution is 2.34. The fourth-order valence-electron chi connectivity index (χ4n) is 1.27. The molecule has 8 nitrogen and oxygen atoms in total. The molecular formula is C9H9N3O5. The van der Waals surface area contributed by atoms with Gasteiger partial charge in [-0.1, -0.05) is 6.08 Å². The van der Waals surface area contributed by atoms with Gasteiger partial charge in [-0.05, 0) is 0 Å². The number of anilines is 1. The molecule has 1 aromatic carbocycles. The van der Waals surface area contributed by atoms with E-state index in [1.807, 2.05) is 0 Å². The Morgan fingerprint density at radius 3 is 2.35 bits per heavy atom. The summed E-state index contributed by atoms with van der Waals surface area (Å²) in [7, 11) is 0. The van der Waals surface area contributed by atoms with Crippen LogP contribution in [0.1, 0.15) is 11.7 Å². The summed E-state index contributed by atoms with van der Waals surface area (Å²) < 4.78 is 0. The van der Waals surface area contributed by atoms with Crippen LogP contribution in [0.25, 0.3) is 0 Å². The standard InChI is InChI=1S/C9H9N3O5/c1-2-8(13)6-3-5(11(14)15)4-7(9(6)10)12(16)17/h2-4,8,13H,1,10H2. The number of hydrogen-bond acceptors (Lipinski definition) is 6. The number of benzene rings is 1. The van der Waals surface area contributed by atoms with E-state index in [-0.39, 0.29) is 11.3 Å². The van der Waals surface area contributed by atoms with Crippen LogP contribution in [0.5, 0.6) is 0 Å². The number of aliphatic hydroxyl groups is 1. The number of nitrogen functional groups attached to an aromatic ring is 1. The second-order valence-corrected chi connectivity index (χ2v) is 3.16. The van der Waals surface area contributed by atoms with E-state index in [1.165, 1.54) is 0 Å². The zero-order chi connectivity index (χ0) is 13.2. The fourth-order valence-corrected chi connectivity index (χ4v) is 1.27. The molecule has 0 saturated heterocycles. The minimum Gasteiger partial charge on any atom is -0.393 e. The largest absolute Gasteiger partial charge is 0.393 e. The van der Waals surface area contributed by atoms with Crippen LogP contribution in [0, 0.1) is 20.2 Å². The van der Waals surface area contributed by atoms with Gasteiger partial charge in [-0.3, -0.25) is 20.2 Å². The molecule has 0 radical (unpaired) electrons. The Labute approximate surface area is 95.3 Å². The van der Waals surface area contributed by atoms with Crippen molar-refractivity contribution in [2.45, 2.75) is 6.10 Å². The molecule has 1 rings (SSSR count). The zero-order valence-electron chi connectivity index (χ0n) is 8.57. The molecule has 0 amide bonds. The Morgan fingerprint density at radius 2 is 1.94 bits per heavy atom. The van der Waals surface area contributed by atoms with Crippen LogP contribution < -0.4 is 5.73 Å². The molecule has 8 heteroatoms. The fraction of sp³-hybridized carbons (Fsp3) is 0.111. The van der Waals surface area contributed by atoms with E-state index in [1.54, 1.807) is 0 Å². The summed E-state index contributed by atoms with van der Waals surface area (Å²) in [6.45, 7) is 3.28. The van der Waals surface area contributed by atoms with Crippen LogP contribution in [0.3, 0.4) is 0 Å². The number of rotatable bonds is 4. The highest BCUT2D eigenvalue weighted by Gasteiger charge is 2.24. The Balaban J connectivity index is 3.53. The summed E-state index contributed by atoms with van der Waals surface area (Å²) in [5, 5.41) is 30.7. The maximum Gasteiger partial charge on any atom is 0.299 e. The molecule has 0 aliphatic rings. The summed E-state index contributed by atoms with van der Waals surface area (Å²) in [5.41, 5.74) is 3.91. The first-order chi connectivity index (χ1) is 7.88. The Bertz CT molecular complexity index is 500. The van der Waals surface area contributed by atoms with Gasteiger partial charge in [-0.2, -0.15) is 0 Å². The van der Waals surface area contributed by atoms with Crippen LogP contribution in [0.15, 0.2) is 24.8 Å². The predicted molar refractivity (Wildman–Crippen MR) is 59.3 cm³/mol. The maximum atomic E-state index is 10.7. The van der Waals surface area contributed by atoms with Crippen molar-refractivity contribution in [3.63, 3.8) is 0 Å². The van der Waals surface area contributed by atoms with Crippen LogP contribution in [0.4, 0.5) is 17.1 Å². The van der Waals surface area contributed by atoms with Crippen molar-refractivity contribution in [3.05, 3.63) is 50.6 Å². The summed E-state index contributed by atoms with van der Waals surface area (Å²) in [6.07, 6.45) is -0.229. The van der Waals surface area contributed by atoms with Gasteiger partial charge < -0.3 is 10.8 Å². The summed E-state index contributed by atoms with van der Waals surface area (Å²) >= 11 is 0. The zero-order valence-corrected chi connectivity index (χ0v) is 8.57. The van der Waals surface area contributed by atoms with Gasteiger partial charge in [0.1, 0.15) is 5.69 Å². The van der Waals surface area contributed by atoms with E-state index in [2.05, 4.69) is 6.58 Å². The molecular weight excluding hydrogens is 230 g/mol. The molecule has 0 fully saturated rings. The Kier molecular flexibility index (Phi) is 3.39. The molecule has 0 spiro atoms. The van der Waals surface area contributed by atoms with Gasteiger partial charge in [0, 0.05) is 11.6 Å². The quantitative estimate of drug-likeness (QED) is 0.352. The molecule has 0 saturated carbocycles. The van der Waals surface area contributed by atoms with Crippen molar-refractivity contribution in [1.29, 1.82) is 0 Å². The van der Waals surface area contributed by atoms with Gasteiger partial charge in [0.05, 0.1) is 22.0 Å². The highest BCUT2D eigenvalue weighted by molar-refractivity contribution is 5.68. The van der Waals surface area contributed by atoms with Gasteiger partial charge in [0.15, 0.2) is 0 Å². The predicted octanol–water partition coefficient (Wildman–Crippen LogP) is 1.30. The van der Waals surface area contributed by atoms with E-state index in [9.17, 15) is 25.3 Å². The highest BCUT2D eigenvalue weighted by atomic mass is 16.6. The third-order valence-electron chi connectivity index (χ3n) is 2.12. The van der Waals surface area contributed by atoms with Gasteiger partial charge in [-0.15, -0.1) is 6.58 Å². The van der Waals surface area contributed by atoms with E-state index < -0.39 is 27.3 Å². The number of nitro benzene ring substituents is 2. The van der Waals surface area contributed by atoms with Crippen LogP contribution >= 0.6 is 0 Å². The van der Waals surface area contributed by atoms with Crippen molar-refractivity contribution in [2.75, 3.05) is 5.73 Å². The van der Waals surface area contributed by atoms with Crippen LogP contribution in [-0.2, 0) is 0 Å². The number of nitro groups is 2. The molecule has 1 unspecified atom stereocenters. The molecule has 0 bridgehead atoms. The number of hydrogen-bond donors (Lipinski definition) is 2. The van der Waals surface area contributed by atoms with Gasteiger partial charge in [0.2, 0.25) is 0 Å². The smallest absolute Gasteiger partial charge is 0.299 e. The van der Waals surface area contributed by atoms with E-state index >= 15 is 0 Å². The minimum absolute atomic E-state index is 0.110. The van der Waals surface area contributed by atoms with Crippen molar-refractivity contribution >= 4 is 17.1 Å². The lowest BCUT2D eigenvalue weighted by Crippen LogP contribution is -2.05. The molecule has 1 aromatic rings. The number of non-ortho nitro benzene ring substituents is 1. The summed E-state index contributed by atoms with van der Waals surface area (Å²) in [6, 6.07) is 1.73. The second kappa shape index (κ2) is 4.58. The van der Waals surface area contributed by atoms with E-state index in [0.29, 0.717) is 0 Å². The van der Waals surface area contributed by atoms with Gasteiger partial charge >= 0.3 is 0 Å². The van der Waals surface area contributed by atoms with Crippen molar-refractivity contribution < 1.29 is 15.0 Å². The van der Waals surface area contributed by atoms with Crippen LogP contribution in [-0.4, -0.2) is 15.0 Å². The number of nitrogens with two attached hydrogens (primary N) is 1. The van der Waals surface area contributed by atoms with E-state index in [4.69, 9.17) is 5.73 Å². The van der Waals surface area contributed by atoms with Crippen molar-refractivity contribution in [3.8, 4) is 0 Å². The molecule has 0 heterocycles. The van der Waals surface area contributed by atoms with Gasteiger partial charge in [0.25, 0.3) is 11.4 Å². The molecule has 0 aliphatic carbocycles. The Hall–Kier alpha value is -2.48. The van der Waals surface area contributed by atoms with Crippen molar-refractivity contribution in [2.24, 2.45) is 0 Å². The lowest BCUT2D eigenvalue weighted by Gasteiger charge is -2.09. The van der Waals surface area contributed by atoms with Crippen LogP contribution in [0.2, 0.25) is 0 Å². The molecule has 90 valence electrons. The third-order valence-corrected chi connectivity index (χ3v) is 2.12. The lowest BCUT2D eigenvalue weighted by molar-refractivity contribution is -0.393. The second-order valence-electron chi connectivity index (χ2n) is 3.16. The SMILES string of the molecule is C=CC(O)c1cc([N+](=O)[O-])cc([N+](=O)[O-])c1N. The molecule has 3 N–H and O–H groups in total. The number of nitrogens with zero attached hydrogens (tertiary/aromatic N) is 2. The monoisotopic (exact) mass is 239 g/mol. The normalized spacial score (nSPS) is 11.8. The number of aliphatic hydroxyl groups excluding tert-OH is 1. The molecule has 1 atom stereocenters. The lowest BCUT2D eigenvalue weighted by atomic mass is 10.0. The summed E-state index contributed by atoms with van der Waals surface area (Å²) in [4.78, 5) is 19.6. The minimum atomic E-state index is -1.30. The topological polar surface area (TPSA) is 133 Å². The molecule has 0 aromatic heterocycles. The first kappa shape index (κ1) is 12.6.